The van der Waals surface area contributed by atoms with Crippen molar-refractivity contribution in [2.75, 3.05) is 0 Å². The van der Waals surface area contributed by atoms with Crippen LogP contribution in [0.1, 0.15) is 24.1 Å². The molecule has 0 amide bonds. The molecule has 0 N–H and O–H groups in total. The van der Waals surface area contributed by atoms with Crippen molar-refractivity contribution in [1.82, 2.24) is 14.8 Å². The quantitative estimate of drug-likeness (QED) is 0.807. The van der Waals surface area contributed by atoms with Gasteiger partial charge in [-0.05, 0) is 31.9 Å². The molecule has 1 fully saturated rings. The molecule has 1 aliphatic carbocycles. The summed E-state index contributed by atoms with van der Waals surface area (Å²) in [6.07, 6.45) is 6.56. The van der Waals surface area contributed by atoms with Gasteiger partial charge in [0.05, 0.1) is 18.4 Å². The third-order valence-electron chi connectivity index (χ3n) is 2.81. The molecule has 0 atom stereocenters. The molecule has 3 rings (SSSR count). The molecule has 1 saturated carbocycles. The first-order valence-electron chi connectivity index (χ1n) is 5.91. The Kier molecular flexibility index (Phi) is 2.65. The van der Waals surface area contributed by atoms with Crippen molar-refractivity contribution in [2.24, 2.45) is 0 Å². The van der Waals surface area contributed by atoms with E-state index in [4.69, 9.17) is 4.74 Å². The number of ether oxygens (including phenoxy) is 1. The van der Waals surface area contributed by atoms with Crippen molar-refractivity contribution in [3.63, 3.8) is 0 Å². The molecule has 0 bridgehead atoms. The van der Waals surface area contributed by atoms with Crippen LogP contribution in [0.2, 0.25) is 0 Å². The van der Waals surface area contributed by atoms with E-state index in [2.05, 4.69) is 10.1 Å². The largest absolute Gasteiger partial charge is 0.373 e. The molecule has 88 valence electrons. The van der Waals surface area contributed by atoms with Crippen LogP contribution in [0.4, 0.5) is 0 Å². The van der Waals surface area contributed by atoms with Crippen LogP contribution in [0, 0.1) is 6.92 Å². The predicted molar refractivity (Wildman–Crippen MR) is 63.9 cm³/mol. The van der Waals surface area contributed by atoms with Gasteiger partial charge >= 0.3 is 0 Å². The number of aryl methyl sites for hydroxylation is 1. The second-order valence-corrected chi connectivity index (χ2v) is 4.40. The van der Waals surface area contributed by atoms with Crippen molar-refractivity contribution in [3.05, 3.63) is 41.9 Å². The minimum atomic E-state index is 0.461. The van der Waals surface area contributed by atoms with Crippen molar-refractivity contribution in [3.8, 4) is 5.82 Å². The highest BCUT2D eigenvalue weighted by Gasteiger charge is 2.22. The molecule has 2 heterocycles. The lowest BCUT2D eigenvalue weighted by Gasteiger charge is -2.08. The van der Waals surface area contributed by atoms with E-state index < -0.39 is 0 Å². The number of aromatic nitrogens is 3. The third-order valence-corrected chi connectivity index (χ3v) is 2.81. The van der Waals surface area contributed by atoms with E-state index in [0.717, 1.165) is 17.1 Å². The first kappa shape index (κ1) is 10.5. The molecule has 2 aromatic heterocycles. The van der Waals surface area contributed by atoms with Gasteiger partial charge in [0.2, 0.25) is 0 Å². The molecule has 0 aliphatic heterocycles. The lowest BCUT2D eigenvalue weighted by molar-refractivity contribution is 0.105. The van der Waals surface area contributed by atoms with Crippen LogP contribution in [-0.2, 0) is 11.3 Å². The van der Waals surface area contributed by atoms with Crippen molar-refractivity contribution in [1.29, 1.82) is 0 Å². The minimum Gasteiger partial charge on any atom is -0.373 e. The van der Waals surface area contributed by atoms with Gasteiger partial charge in [-0.15, -0.1) is 0 Å². The summed E-state index contributed by atoms with van der Waals surface area (Å²) in [6.45, 7) is 2.59. The van der Waals surface area contributed by atoms with Gasteiger partial charge in [-0.2, -0.15) is 5.10 Å². The number of nitrogens with zero attached hydrogens (tertiary/aromatic N) is 3. The Morgan fingerprint density at radius 2 is 2.29 bits per heavy atom. The summed E-state index contributed by atoms with van der Waals surface area (Å²) in [4.78, 5) is 4.38. The standard InChI is InChI=1S/C13H15N3O/c1-10-6-8-16(15-10)13-11(3-2-7-14-13)9-17-12-4-5-12/h2-3,6-8,12H,4-5,9H2,1H3. The predicted octanol–water partition coefficient (Wildman–Crippen LogP) is 2.25. The first-order chi connectivity index (χ1) is 8.33. The smallest absolute Gasteiger partial charge is 0.158 e. The van der Waals surface area contributed by atoms with Gasteiger partial charge in [-0.3, -0.25) is 0 Å². The summed E-state index contributed by atoms with van der Waals surface area (Å²) in [5.41, 5.74) is 2.08. The van der Waals surface area contributed by atoms with Crippen molar-refractivity contribution >= 4 is 0 Å². The monoisotopic (exact) mass is 229 g/mol. The van der Waals surface area contributed by atoms with E-state index in [1.54, 1.807) is 10.9 Å². The number of hydrogen-bond donors (Lipinski definition) is 0. The van der Waals surface area contributed by atoms with Gasteiger partial charge in [0.15, 0.2) is 5.82 Å². The molecule has 2 aromatic rings. The molecule has 0 radical (unpaired) electrons. The van der Waals surface area contributed by atoms with E-state index in [1.807, 2.05) is 31.3 Å². The molecular weight excluding hydrogens is 214 g/mol. The van der Waals surface area contributed by atoms with Crippen LogP contribution in [0.3, 0.4) is 0 Å². The zero-order chi connectivity index (χ0) is 11.7. The molecule has 4 nitrogen and oxygen atoms in total. The Morgan fingerprint density at radius 1 is 1.41 bits per heavy atom. The molecule has 1 aliphatic rings. The van der Waals surface area contributed by atoms with Crippen molar-refractivity contribution in [2.45, 2.75) is 32.5 Å². The van der Waals surface area contributed by atoms with Crippen LogP contribution < -0.4 is 0 Å². The zero-order valence-electron chi connectivity index (χ0n) is 9.84. The summed E-state index contributed by atoms with van der Waals surface area (Å²) < 4.78 is 7.53. The molecule has 4 heteroatoms. The fourth-order valence-electron chi connectivity index (χ4n) is 1.72. The van der Waals surface area contributed by atoms with E-state index in [0.29, 0.717) is 12.7 Å². The minimum absolute atomic E-state index is 0.461. The van der Waals surface area contributed by atoms with Gasteiger partial charge in [0, 0.05) is 18.0 Å². The van der Waals surface area contributed by atoms with Crippen LogP contribution in [0.5, 0.6) is 0 Å². The number of hydrogen-bond acceptors (Lipinski definition) is 3. The SMILES string of the molecule is Cc1ccn(-c2ncccc2COC2CC2)n1. The van der Waals surface area contributed by atoms with Crippen LogP contribution in [0.25, 0.3) is 5.82 Å². The Morgan fingerprint density at radius 3 is 3.00 bits per heavy atom. The Labute approximate surface area is 100 Å². The molecule has 17 heavy (non-hydrogen) atoms. The Hall–Kier alpha value is -1.68. The maximum absolute atomic E-state index is 5.73. The number of rotatable bonds is 4. The lowest BCUT2D eigenvalue weighted by atomic mass is 10.3. The van der Waals surface area contributed by atoms with E-state index in [9.17, 15) is 0 Å². The fourth-order valence-corrected chi connectivity index (χ4v) is 1.72. The highest BCUT2D eigenvalue weighted by molar-refractivity contribution is 5.32. The summed E-state index contributed by atoms with van der Waals surface area (Å²) in [6, 6.07) is 5.95. The summed E-state index contributed by atoms with van der Waals surface area (Å²) in [5.74, 6) is 0.862. The first-order valence-corrected chi connectivity index (χ1v) is 5.91. The fraction of sp³-hybridized carbons (Fsp3) is 0.385. The Balaban J connectivity index is 1.86. The second-order valence-electron chi connectivity index (χ2n) is 4.40. The third kappa shape index (κ3) is 2.36. The Bertz CT molecular complexity index is 517. The second kappa shape index (κ2) is 4.30. The molecule has 0 unspecified atom stereocenters. The highest BCUT2D eigenvalue weighted by Crippen LogP contribution is 2.25. The van der Waals surface area contributed by atoms with E-state index >= 15 is 0 Å². The summed E-state index contributed by atoms with van der Waals surface area (Å²) in [7, 11) is 0. The van der Waals surface area contributed by atoms with Crippen LogP contribution >= 0.6 is 0 Å². The maximum Gasteiger partial charge on any atom is 0.158 e. The van der Waals surface area contributed by atoms with E-state index in [1.165, 1.54) is 12.8 Å². The van der Waals surface area contributed by atoms with Crippen LogP contribution in [-0.4, -0.2) is 20.9 Å². The van der Waals surface area contributed by atoms with Crippen molar-refractivity contribution < 1.29 is 4.74 Å². The maximum atomic E-state index is 5.73. The average molecular weight is 229 g/mol. The normalized spacial score (nSPS) is 15.1. The van der Waals surface area contributed by atoms with Crippen LogP contribution in [0.15, 0.2) is 30.6 Å². The lowest BCUT2D eigenvalue weighted by Crippen LogP contribution is -2.05. The summed E-state index contributed by atoms with van der Waals surface area (Å²) >= 11 is 0. The molecular formula is C13H15N3O. The topological polar surface area (TPSA) is 39.9 Å². The van der Waals surface area contributed by atoms with E-state index in [-0.39, 0.29) is 0 Å². The van der Waals surface area contributed by atoms with Gasteiger partial charge in [-0.1, -0.05) is 6.07 Å². The zero-order valence-corrected chi connectivity index (χ0v) is 9.84. The highest BCUT2D eigenvalue weighted by atomic mass is 16.5. The average Bonchev–Trinajstić information content (AvgIpc) is 3.08. The number of pyridine rings is 1. The van der Waals surface area contributed by atoms with Gasteiger partial charge in [0.25, 0.3) is 0 Å². The van der Waals surface area contributed by atoms with Gasteiger partial charge in [0.1, 0.15) is 0 Å². The molecule has 0 spiro atoms. The molecule has 0 aromatic carbocycles. The van der Waals surface area contributed by atoms with Gasteiger partial charge in [-0.25, -0.2) is 9.67 Å². The molecule has 0 saturated heterocycles. The summed E-state index contributed by atoms with van der Waals surface area (Å²) in [5, 5.41) is 4.38. The van der Waals surface area contributed by atoms with Gasteiger partial charge < -0.3 is 4.74 Å².